The van der Waals surface area contributed by atoms with Crippen molar-refractivity contribution < 1.29 is 14.7 Å². The number of aliphatic carboxylic acids is 1. The van der Waals surface area contributed by atoms with Crippen LogP contribution in [0.4, 0.5) is 0 Å². The Morgan fingerprint density at radius 2 is 1.41 bits per heavy atom. The second-order valence-corrected chi connectivity index (χ2v) is 8.56. The first-order valence-corrected chi connectivity index (χ1v) is 12.7. The minimum atomic E-state index is -0.938. The number of carbonyl (C=O) groups is 2. The number of rotatable bonds is 20. The Morgan fingerprint density at radius 1 is 0.897 bits per heavy atom. The summed E-state index contributed by atoms with van der Waals surface area (Å²) >= 11 is 1.59. The summed E-state index contributed by atoms with van der Waals surface area (Å²) in [4.78, 5) is 23.0. The fraction of sp³-hybridized carbons (Fsp3) is 0.826. The Kier molecular flexibility index (Phi) is 26.2. The van der Waals surface area contributed by atoms with Crippen molar-refractivity contribution in [2.24, 2.45) is 0 Å². The molecular weight excluding hydrogens is 393 g/mol. The maximum atomic E-state index is 11.9. The zero-order valence-electron chi connectivity index (χ0n) is 18.2. The van der Waals surface area contributed by atoms with Crippen molar-refractivity contribution in [3.05, 3.63) is 12.2 Å². The molecule has 0 spiro atoms. The Bertz CT molecular complexity index is 419. The summed E-state index contributed by atoms with van der Waals surface area (Å²) < 4.78 is 0. The van der Waals surface area contributed by atoms with E-state index in [1.807, 2.05) is 6.26 Å². The third-order valence-electron chi connectivity index (χ3n) is 4.91. The molecule has 0 aliphatic rings. The molecule has 0 fully saturated rings. The molecule has 0 aliphatic heterocycles. The minimum absolute atomic E-state index is 0. The van der Waals surface area contributed by atoms with Gasteiger partial charge in [0.1, 0.15) is 6.04 Å². The van der Waals surface area contributed by atoms with Crippen LogP contribution in [0.1, 0.15) is 103 Å². The van der Waals surface area contributed by atoms with E-state index >= 15 is 0 Å². The first-order valence-electron chi connectivity index (χ1n) is 11.3. The van der Waals surface area contributed by atoms with Gasteiger partial charge in [0.25, 0.3) is 0 Å². The van der Waals surface area contributed by atoms with Crippen LogP contribution in [0.5, 0.6) is 0 Å². The number of nitrogens with one attached hydrogen (secondary N) is 1. The molecule has 4 nitrogen and oxygen atoms in total. The quantitative estimate of drug-likeness (QED) is 0.146. The van der Waals surface area contributed by atoms with Gasteiger partial charge < -0.3 is 10.4 Å². The fourth-order valence-corrected chi connectivity index (χ4v) is 3.59. The molecule has 0 aromatic rings. The summed E-state index contributed by atoms with van der Waals surface area (Å²) in [7, 11) is 0. The van der Waals surface area contributed by atoms with Gasteiger partial charge >= 0.3 is 35.5 Å². The van der Waals surface area contributed by atoms with Gasteiger partial charge in [-0.1, -0.05) is 70.4 Å². The maximum absolute atomic E-state index is 11.9. The Balaban J connectivity index is 0. The average Bonchev–Trinajstić information content (AvgIpc) is 2.67. The van der Waals surface area contributed by atoms with Crippen LogP contribution in [-0.2, 0) is 9.59 Å². The second-order valence-electron chi connectivity index (χ2n) is 7.57. The number of hydrogen-bond acceptors (Lipinski definition) is 3. The summed E-state index contributed by atoms with van der Waals surface area (Å²) in [6.07, 6.45) is 23.5. The molecule has 0 rings (SSSR count). The molecular formula is C23H44NNaO3S. The summed E-state index contributed by atoms with van der Waals surface area (Å²) in [6, 6.07) is -0.747. The van der Waals surface area contributed by atoms with Gasteiger partial charge in [-0.3, -0.25) is 4.79 Å². The number of unbranched alkanes of at least 4 members (excludes halogenated alkanes) is 11. The van der Waals surface area contributed by atoms with Crippen molar-refractivity contribution in [2.75, 3.05) is 12.0 Å². The number of carboxylic acid groups (broad SMARTS) is 1. The topological polar surface area (TPSA) is 66.4 Å². The molecule has 0 radical (unpaired) electrons. The van der Waals surface area contributed by atoms with Gasteiger partial charge in [0.2, 0.25) is 5.91 Å². The van der Waals surface area contributed by atoms with Crippen molar-refractivity contribution in [3.8, 4) is 0 Å². The predicted octanol–water partition coefficient (Wildman–Crippen LogP) is 5.70. The van der Waals surface area contributed by atoms with Crippen LogP contribution >= 0.6 is 11.8 Å². The van der Waals surface area contributed by atoms with Crippen LogP contribution in [0.25, 0.3) is 0 Å². The predicted molar refractivity (Wildman–Crippen MR) is 129 cm³/mol. The van der Waals surface area contributed by atoms with Gasteiger partial charge in [0.05, 0.1) is 0 Å². The second kappa shape index (κ2) is 24.3. The SMILES string of the molecule is CCCCCCCC/C=C\CCCCCCCC(=O)NC(CCSC)C(=O)O.[NaH]. The molecule has 1 unspecified atom stereocenters. The van der Waals surface area contributed by atoms with Crippen LogP contribution in [0.15, 0.2) is 12.2 Å². The summed E-state index contributed by atoms with van der Waals surface area (Å²) in [5, 5.41) is 11.8. The molecule has 0 aromatic heterocycles. The zero-order chi connectivity index (χ0) is 20.9. The third-order valence-corrected chi connectivity index (χ3v) is 5.55. The van der Waals surface area contributed by atoms with Crippen molar-refractivity contribution in [2.45, 2.75) is 109 Å². The van der Waals surface area contributed by atoms with E-state index in [1.165, 1.54) is 57.8 Å². The fourth-order valence-electron chi connectivity index (χ4n) is 3.12. The van der Waals surface area contributed by atoms with E-state index in [2.05, 4.69) is 24.4 Å². The molecule has 0 heterocycles. The molecule has 1 amide bonds. The van der Waals surface area contributed by atoms with E-state index in [1.54, 1.807) is 11.8 Å². The van der Waals surface area contributed by atoms with Crippen LogP contribution in [0.3, 0.4) is 0 Å². The number of hydrogen-bond donors (Lipinski definition) is 2. The van der Waals surface area contributed by atoms with Gasteiger partial charge in [-0.2, -0.15) is 11.8 Å². The third kappa shape index (κ3) is 22.5. The first kappa shape index (κ1) is 31.2. The number of thioether (sulfide) groups is 1. The summed E-state index contributed by atoms with van der Waals surface area (Å²) in [6.45, 7) is 2.25. The Labute approximate surface area is 205 Å². The van der Waals surface area contributed by atoms with Crippen molar-refractivity contribution >= 4 is 53.2 Å². The van der Waals surface area contributed by atoms with Gasteiger partial charge in [0, 0.05) is 6.42 Å². The Hall–Kier alpha value is 0.0300. The number of carboxylic acids is 1. The molecule has 1 atom stereocenters. The molecule has 0 saturated heterocycles. The van der Waals surface area contributed by atoms with E-state index in [0.29, 0.717) is 12.8 Å². The van der Waals surface area contributed by atoms with Crippen molar-refractivity contribution in [1.82, 2.24) is 5.32 Å². The molecule has 0 aliphatic carbocycles. The monoisotopic (exact) mass is 437 g/mol. The van der Waals surface area contributed by atoms with Gasteiger partial charge in [-0.15, -0.1) is 0 Å². The van der Waals surface area contributed by atoms with Crippen LogP contribution in [0.2, 0.25) is 0 Å². The molecule has 6 heteroatoms. The van der Waals surface area contributed by atoms with Gasteiger partial charge in [-0.05, 0) is 50.5 Å². The molecule has 0 bridgehead atoms. The number of amides is 1. The molecule has 2 N–H and O–H groups in total. The van der Waals surface area contributed by atoms with E-state index < -0.39 is 12.0 Å². The molecule has 166 valence electrons. The first-order chi connectivity index (χ1) is 13.6. The zero-order valence-corrected chi connectivity index (χ0v) is 19.0. The standard InChI is InChI=1S/C23H43NO3S.Na.H/c1-3-4-5-6-7-8-9-10-11-12-13-14-15-16-17-18-22(25)24-21(23(26)27)19-20-28-2;;/h10-11,21H,3-9,12-20H2,1-2H3,(H,24,25)(H,26,27);;/b11-10-;;. The van der Waals surface area contributed by atoms with Gasteiger partial charge in [-0.25, -0.2) is 4.79 Å². The molecule has 0 aromatic carbocycles. The van der Waals surface area contributed by atoms with Crippen molar-refractivity contribution in [3.63, 3.8) is 0 Å². The normalized spacial score (nSPS) is 11.9. The van der Waals surface area contributed by atoms with E-state index in [4.69, 9.17) is 5.11 Å². The van der Waals surface area contributed by atoms with Crippen molar-refractivity contribution in [1.29, 1.82) is 0 Å². The van der Waals surface area contributed by atoms with E-state index in [0.717, 1.165) is 31.4 Å². The average molecular weight is 438 g/mol. The van der Waals surface area contributed by atoms with Crippen LogP contribution in [-0.4, -0.2) is 64.6 Å². The van der Waals surface area contributed by atoms with Gasteiger partial charge in [0.15, 0.2) is 0 Å². The molecule has 29 heavy (non-hydrogen) atoms. The molecule has 0 saturated carbocycles. The summed E-state index contributed by atoms with van der Waals surface area (Å²) in [5.74, 6) is -0.330. The van der Waals surface area contributed by atoms with E-state index in [9.17, 15) is 9.59 Å². The van der Waals surface area contributed by atoms with Crippen LogP contribution in [0, 0.1) is 0 Å². The van der Waals surface area contributed by atoms with Crippen LogP contribution < -0.4 is 5.32 Å². The number of carbonyl (C=O) groups excluding carboxylic acids is 1. The summed E-state index contributed by atoms with van der Waals surface area (Å²) in [5.41, 5.74) is 0. The number of allylic oxidation sites excluding steroid dienone is 2. The Morgan fingerprint density at radius 3 is 1.93 bits per heavy atom. The van der Waals surface area contributed by atoms with E-state index in [-0.39, 0.29) is 35.5 Å².